The van der Waals surface area contributed by atoms with Crippen LogP contribution >= 0.6 is 23.2 Å². The minimum atomic E-state index is -0.342. The van der Waals surface area contributed by atoms with Gasteiger partial charge in [-0.1, -0.05) is 35.3 Å². The third-order valence-electron chi connectivity index (χ3n) is 2.73. The number of esters is 1. The Balaban J connectivity index is 2.02. The van der Waals surface area contributed by atoms with E-state index in [2.05, 4.69) is 10.1 Å². The highest BCUT2D eigenvalue weighted by Gasteiger charge is 2.04. The lowest BCUT2D eigenvalue weighted by Gasteiger charge is -2.08. The molecular weight excluding hydrogens is 297 g/mol. The molecule has 0 aliphatic rings. The minimum absolute atomic E-state index is 0.342. The summed E-state index contributed by atoms with van der Waals surface area (Å²) in [6.07, 6.45) is 0. The summed E-state index contributed by atoms with van der Waals surface area (Å²) in [5.41, 5.74) is 2.41. The Labute approximate surface area is 127 Å². The number of carbonyl (C=O) groups is 1. The highest BCUT2D eigenvalue weighted by atomic mass is 35.5. The lowest BCUT2D eigenvalue weighted by molar-refractivity contribution is 0.0600. The van der Waals surface area contributed by atoms with E-state index < -0.39 is 0 Å². The van der Waals surface area contributed by atoms with Gasteiger partial charge in [-0.2, -0.15) is 0 Å². The van der Waals surface area contributed by atoms with Crippen molar-refractivity contribution in [3.05, 3.63) is 63.6 Å². The molecule has 0 aliphatic carbocycles. The molecule has 3 nitrogen and oxygen atoms in total. The summed E-state index contributed by atoms with van der Waals surface area (Å²) in [6.45, 7) is 0.609. The summed E-state index contributed by atoms with van der Waals surface area (Å²) < 4.78 is 4.65. The summed E-state index contributed by atoms with van der Waals surface area (Å²) in [7, 11) is 1.36. The van der Waals surface area contributed by atoms with Gasteiger partial charge in [-0.05, 0) is 35.9 Å². The molecule has 0 unspecified atom stereocenters. The van der Waals surface area contributed by atoms with Crippen LogP contribution in [0.1, 0.15) is 15.9 Å². The van der Waals surface area contributed by atoms with E-state index in [1.807, 2.05) is 12.1 Å². The number of methoxy groups -OCH3 is 1. The predicted octanol–water partition coefficient (Wildman–Crippen LogP) is 4.39. The fourth-order valence-corrected chi connectivity index (χ4v) is 2.26. The molecular formula is C15H13Cl2NO2. The average molecular weight is 310 g/mol. The SMILES string of the molecule is COC(=O)c1ccc(CNc2cc(Cl)cc(Cl)c2)cc1. The van der Waals surface area contributed by atoms with Crippen LogP contribution in [0, 0.1) is 0 Å². The van der Waals surface area contributed by atoms with Crippen molar-refractivity contribution in [2.24, 2.45) is 0 Å². The van der Waals surface area contributed by atoms with Crippen molar-refractivity contribution in [1.82, 2.24) is 0 Å². The molecule has 5 heteroatoms. The summed E-state index contributed by atoms with van der Waals surface area (Å²) in [6, 6.07) is 12.5. The van der Waals surface area contributed by atoms with E-state index in [0.717, 1.165) is 11.3 Å². The van der Waals surface area contributed by atoms with Crippen molar-refractivity contribution in [2.45, 2.75) is 6.54 Å². The zero-order valence-corrected chi connectivity index (χ0v) is 12.3. The van der Waals surface area contributed by atoms with Crippen molar-refractivity contribution >= 4 is 34.9 Å². The molecule has 0 amide bonds. The average Bonchev–Trinajstić information content (AvgIpc) is 2.44. The monoisotopic (exact) mass is 309 g/mol. The van der Waals surface area contributed by atoms with Crippen molar-refractivity contribution in [1.29, 1.82) is 0 Å². The maximum Gasteiger partial charge on any atom is 0.337 e. The first kappa shape index (κ1) is 14.7. The Hall–Kier alpha value is -1.71. The molecule has 1 N–H and O–H groups in total. The van der Waals surface area contributed by atoms with E-state index in [0.29, 0.717) is 22.2 Å². The molecule has 2 aromatic rings. The van der Waals surface area contributed by atoms with Crippen LogP contribution in [0.15, 0.2) is 42.5 Å². The highest BCUT2D eigenvalue weighted by Crippen LogP contribution is 2.22. The fourth-order valence-electron chi connectivity index (χ4n) is 1.74. The number of halogens is 2. The number of anilines is 1. The van der Waals surface area contributed by atoms with E-state index in [-0.39, 0.29) is 5.97 Å². The third kappa shape index (κ3) is 3.89. The van der Waals surface area contributed by atoms with Gasteiger partial charge >= 0.3 is 5.97 Å². The number of hydrogen-bond donors (Lipinski definition) is 1. The second kappa shape index (κ2) is 6.64. The summed E-state index contributed by atoms with van der Waals surface area (Å²) in [5.74, 6) is -0.342. The smallest absolute Gasteiger partial charge is 0.337 e. The second-order valence-electron chi connectivity index (χ2n) is 4.20. The third-order valence-corrected chi connectivity index (χ3v) is 3.17. The van der Waals surface area contributed by atoms with E-state index >= 15 is 0 Å². The van der Waals surface area contributed by atoms with Crippen LogP contribution in [0.2, 0.25) is 10.0 Å². The van der Waals surface area contributed by atoms with Gasteiger partial charge in [0.2, 0.25) is 0 Å². The molecule has 0 heterocycles. The van der Waals surface area contributed by atoms with Gasteiger partial charge in [0.15, 0.2) is 0 Å². The first-order valence-electron chi connectivity index (χ1n) is 5.95. The summed E-state index contributed by atoms with van der Waals surface area (Å²) in [4.78, 5) is 11.3. The molecule has 0 fully saturated rings. The van der Waals surface area contributed by atoms with Crippen LogP contribution < -0.4 is 5.32 Å². The fraction of sp³-hybridized carbons (Fsp3) is 0.133. The topological polar surface area (TPSA) is 38.3 Å². The Morgan fingerprint density at radius 1 is 1.10 bits per heavy atom. The molecule has 2 aromatic carbocycles. The second-order valence-corrected chi connectivity index (χ2v) is 5.07. The largest absolute Gasteiger partial charge is 0.465 e. The maximum atomic E-state index is 11.3. The van der Waals surface area contributed by atoms with Crippen LogP contribution in [0.4, 0.5) is 5.69 Å². The molecule has 0 atom stereocenters. The Kier molecular flexibility index (Phi) is 4.88. The van der Waals surface area contributed by atoms with E-state index in [4.69, 9.17) is 23.2 Å². The molecule has 20 heavy (non-hydrogen) atoms. The van der Waals surface area contributed by atoms with Crippen LogP contribution in [0.5, 0.6) is 0 Å². The Bertz CT molecular complexity index is 592. The minimum Gasteiger partial charge on any atom is -0.465 e. The van der Waals surface area contributed by atoms with E-state index in [1.165, 1.54) is 7.11 Å². The summed E-state index contributed by atoms with van der Waals surface area (Å²) >= 11 is 11.9. The lowest BCUT2D eigenvalue weighted by Crippen LogP contribution is -2.03. The molecule has 0 saturated carbocycles. The number of ether oxygens (including phenoxy) is 1. The number of benzene rings is 2. The van der Waals surface area contributed by atoms with Crippen molar-refractivity contribution in [3.8, 4) is 0 Å². The zero-order chi connectivity index (χ0) is 14.5. The normalized spacial score (nSPS) is 10.2. The molecule has 2 rings (SSSR count). The van der Waals surface area contributed by atoms with E-state index in [9.17, 15) is 4.79 Å². The van der Waals surface area contributed by atoms with Gasteiger partial charge < -0.3 is 10.1 Å². The highest BCUT2D eigenvalue weighted by molar-refractivity contribution is 6.35. The molecule has 0 spiro atoms. The number of nitrogens with one attached hydrogen (secondary N) is 1. The summed E-state index contributed by atoms with van der Waals surface area (Å²) in [5, 5.41) is 4.39. The lowest BCUT2D eigenvalue weighted by atomic mass is 10.1. The number of hydrogen-bond acceptors (Lipinski definition) is 3. The quantitative estimate of drug-likeness (QED) is 0.851. The van der Waals surface area contributed by atoms with Crippen LogP contribution in [-0.2, 0) is 11.3 Å². The zero-order valence-electron chi connectivity index (χ0n) is 10.8. The Morgan fingerprint density at radius 2 is 1.70 bits per heavy atom. The molecule has 0 bridgehead atoms. The standard InChI is InChI=1S/C15H13Cl2NO2/c1-20-15(19)11-4-2-10(3-5-11)9-18-14-7-12(16)6-13(17)8-14/h2-8,18H,9H2,1H3. The maximum absolute atomic E-state index is 11.3. The molecule has 104 valence electrons. The van der Waals surface area contributed by atoms with Gasteiger partial charge in [-0.3, -0.25) is 0 Å². The first-order chi connectivity index (χ1) is 9.58. The number of carbonyl (C=O) groups excluding carboxylic acids is 1. The molecule has 0 aliphatic heterocycles. The van der Waals surface area contributed by atoms with Crippen LogP contribution in [-0.4, -0.2) is 13.1 Å². The first-order valence-corrected chi connectivity index (χ1v) is 6.71. The molecule has 0 aromatic heterocycles. The van der Waals surface area contributed by atoms with Gasteiger partial charge in [0.25, 0.3) is 0 Å². The van der Waals surface area contributed by atoms with Gasteiger partial charge in [-0.15, -0.1) is 0 Å². The van der Waals surface area contributed by atoms with Gasteiger partial charge in [0, 0.05) is 22.3 Å². The molecule has 0 saturated heterocycles. The molecule has 0 radical (unpaired) electrons. The van der Waals surface area contributed by atoms with Gasteiger partial charge in [0.05, 0.1) is 12.7 Å². The van der Waals surface area contributed by atoms with Gasteiger partial charge in [-0.25, -0.2) is 4.79 Å². The van der Waals surface area contributed by atoms with Crippen molar-refractivity contribution < 1.29 is 9.53 Å². The van der Waals surface area contributed by atoms with Crippen LogP contribution in [0.3, 0.4) is 0 Å². The Morgan fingerprint density at radius 3 is 2.25 bits per heavy atom. The van der Waals surface area contributed by atoms with Crippen molar-refractivity contribution in [2.75, 3.05) is 12.4 Å². The van der Waals surface area contributed by atoms with Gasteiger partial charge in [0.1, 0.15) is 0 Å². The van der Waals surface area contributed by atoms with E-state index in [1.54, 1.807) is 30.3 Å². The van der Waals surface area contributed by atoms with Crippen molar-refractivity contribution in [3.63, 3.8) is 0 Å². The van der Waals surface area contributed by atoms with Crippen LogP contribution in [0.25, 0.3) is 0 Å². The number of rotatable bonds is 4. The predicted molar refractivity (Wildman–Crippen MR) is 81.6 cm³/mol.